The molecule has 2 aromatic heterocycles. The zero-order valence-corrected chi connectivity index (χ0v) is 15.8. The average Bonchev–Trinajstić information content (AvgIpc) is 3.13. The van der Waals surface area contributed by atoms with Crippen LogP contribution in [0.4, 0.5) is 10.8 Å². The maximum absolute atomic E-state index is 12.1. The summed E-state index contributed by atoms with van der Waals surface area (Å²) in [6.07, 6.45) is 2.47. The predicted molar refractivity (Wildman–Crippen MR) is 104 cm³/mol. The molecule has 3 rings (SSSR count). The van der Waals surface area contributed by atoms with E-state index in [1.807, 2.05) is 31.2 Å². The molecule has 3 aromatic rings. The van der Waals surface area contributed by atoms with E-state index in [0.29, 0.717) is 10.8 Å². The van der Waals surface area contributed by atoms with Gasteiger partial charge in [-0.15, -0.1) is 10.2 Å². The van der Waals surface area contributed by atoms with Gasteiger partial charge < -0.3 is 15.4 Å². The van der Waals surface area contributed by atoms with Crippen LogP contribution in [0.1, 0.15) is 24.8 Å². The number of aromatic nitrogens is 3. The number of nitrogens with one attached hydrogen (secondary N) is 2. The van der Waals surface area contributed by atoms with E-state index < -0.39 is 0 Å². The Morgan fingerprint density at radius 1 is 1.11 bits per heavy atom. The molecule has 0 aliphatic rings. The summed E-state index contributed by atoms with van der Waals surface area (Å²) in [4.78, 5) is 28.3. The molecule has 0 atom stereocenters. The summed E-state index contributed by atoms with van der Waals surface area (Å²) in [6.45, 7) is 1.97. The lowest BCUT2D eigenvalue weighted by atomic mass is 10.2. The second-order valence-electron chi connectivity index (χ2n) is 5.73. The van der Waals surface area contributed by atoms with Crippen LogP contribution >= 0.6 is 11.3 Å². The molecule has 0 fully saturated rings. The first kappa shape index (κ1) is 18.7. The SMILES string of the molecule is CCc1nnc(NC(=O)CCC(=O)Nc2cnc3cc(OC)ccc3c2)s1. The number of carbonyl (C=O) groups excluding carboxylic acids is 2. The molecule has 1 aromatic carbocycles. The molecule has 0 aliphatic heterocycles. The first-order valence-electron chi connectivity index (χ1n) is 8.43. The van der Waals surface area contributed by atoms with Gasteiger partial charge in [0.1, 0.15) is 10.8 Å². The second-order valence-corrected chi connectivity index (χ2v) is 6.80. The van der Waals surface area contributed by atoms with Crippen LogP contribution in [0.25, 0.3) is 10.9 Å². The van der Waals surface area contributed by atoms with Crippen molar-refractivity contribution in [2.24, 2.45) is 0 Å². The summed E-state index contributed by atoms with van der Waals surface area (Å²) in [6, 6.07) is 7.35. The normalized spacial score (nSPS) is 10.6. The van der Waals surface area contributed by atoms with Crippen LogP contribution in [0.2, 0.25) is 0 Å². The van der Waals surface area contributed by atoms with Gasteiger partial charge in [0, 0.05) is 24.3 Å². The highest BCUT2D eigenvalue weighted by atomic mass is 32.1. The Morgan fingerprint density at radius 2 is 1.89 bits per heavy atom. The average molecular weight is 385 g/mol. The van der Waals surface area contributed by atoms with Crippen LogP contribution in [0, 0.1) is 0 Å². The molecule has 2 heterocycles. The third-order valence-electron chi connectivity index (χ3n) is 3.77. The minimum Gasteiger partial charge on any atom is -0.497 e. The number of ether oxygens (including phenoxy) is 1. The monoisotopic (exact) mass is 385 g/mol. The number of anilines is 2. The van der Waals surface area contributed by atoms with Crippen molar-refractivity contribution in [1.29, 1.82) is 0 Å². The van der Waals surface area contributed by atoms with E-state index in [1.165, 1.54) is 11.3 Å². The number of pyridine rings is 1. The Balaban J connectivity index is 1.52. The molecule has 0 saturated carbocycles. The van der Waals surface area contributed by atoms with Crippen molar-refractivity contribution < 1.29 is 14.3 Å². The fourth-order valence-electron chi connectivity index (χ4n) is 2.38. The lowest BCUT2D eigenvalue weighted by Crippen LogP contribution is -2.17. The standard InChI is InChI=1S/C18H19N5O3S/c1-3-17-22-23-18(27-17)21-16(25)7-6-15(24)20-12-8-11-4-5-13(26-2)9-14(11)19-10-12/h4-5,8-10H,3,6-7H2,1-2H3,(H,20,24)(H,21,23,25). The number of carbonyl (C=O) groups is 2. The summed E-state index contributed by atoms with van der Waals surface area (Å²) in [7, 11) is 1.60. The van der Waals surface area contributed by atoms with E-state index in [2.05, 4.69) is 25.8 Å². The number of hydrogen-bond donors (Lipinski definition) is 2. The largest absolute Gasteiger partial charge is 0.497 e. The number of nitrogens with zero attached hydrogens (tertiary/aromatic N) is 3. The lowest BCUT2D eigenvalue weighted by molar-refractivity contribution is -0.121. The van der Waals surface area contributed by atoms with E-state index in [9.17, 15) is 9.59 Å². The van der Waals surface area contributed by atoms with Crippen molar-refractivity contribution in [3.8, 4) is 5.75 Å². The number of amides is 2. The highest BCUT2D eigenvalue weighted by molar-refractivity contribution is 7.15. The third-order valence-corrected chi connectivity index (χ3v) is 4.75. The van der Waals surface area contributed by atoms with E-state index >= 15 is 0 Å². The van der Waals surface area contributed by atoms with Gasteiger partial charge in [-0.3, -0.25) is 14.6 Å². The Hall–Kier alpha value is -3.07. The zero-order valence-electron chi connectivity index (χ0n) is 15.0. The molecule has 140 valence electrons. The number of methoxy groups -OCH3 is 1. The van der Waals surface area contributed by atoms with Gasteiger partial charge in [0.25, 0.3) is 0 Å². The number of hydrogen-bond acceptors (Lipinski definition) is 7. The molecule has 2 amide bonds. The first-order valence-corrected chi connectivity index (χ1v) is 9.25. The highest BCUT2D eigenvalue weighted by Gasteiger charge is 2.11. The van der Waals surface area contributed by atoms with Crippen LogP contribution in [-0.4, -0.2) is 34.1 Å². The molecular weight excluding hydrogens is 366 g/mol. The minimum atomic E-state index is -0.271. The molecule has 0 aliphatic carbocycles. The Labute approximate surface area is 160 Å². The maximum Gasteiger partial charge on any atom is 0.226 e. The molecule has 9 heteroatoms. The molecule has 2 N–H and O–H groups in total. The zero-order chi connectivity index (χ0) is 19.2. The van der Waals surface area contributed by atoms with Gasteiger partial charge in [-0.25, -0.2) is 0 Å². The number of fused-ring (bicyclic) bond motifs is 1. The summed E-state index contributed by atoms with van der Waals surface area (Å²) in [5, 5.41) is 15.4. The van der Waals surface area contributed by atoms with Gasteiger partial charge in [-0.2, -0.15) is 0 Å². The second kappa shape index (κ2) is 8.54. The number of aryl methyl sites for hydroxylation is 1. The predicted octanol–water partition coefficient (Wildman–Crippen LogP) is 3.01. The Morgan fingerprint density at radius 3 is 2.59 bits per heavy atom. The number of rotatable bonds is 7. The topological polar surface area (TPSA) is 106 Å². The summed E-state index contributed by atoms with van der Waals surface area (Å²) < 4.78 is 5.17. The quantitative estimate of drug-likeness (QED) is 0.647. The first-order chi connectivity index (χ1) is 13.1. The van der Waals surface area contributed by atoms with Crippen LogP contribution in [0.5, 0.6) is 5.75 Å². The third kappa shape index (κ3) is 4.98. The summed E-state index contributed by atoms with van der Waals surface area (Å²) in [5.41, 5.74) is 1.35. The molecule has 27 heavy (non-hydrogen) atoms. The maximum atomic E-state index is 12.1. The van der Waals surface area contributed by atoms with Crippen LogP contribution in [-0.2, 0) is 16.0 Å². The van der Waals surface area contributed by atoms with Gasteiger partial charge in [-0.1, -0.05) is 18.3 Å². The van der Waals surface area contributed by atoms with Gasteiger partial charge in [0.2, 0.25) is 16.9 Å². The molecule has 0 unspecified atom stereocenters. The molecule has 0 saturated heterocycles. The van der Waals surface area contributed by atoms with Gasteiger partial charge in [0.05, 0.1) is 24.5 Å². The fraction of sp³-hybridized carbons (Fsp3) is 0.278. The molecule has 0 spiro atoms. The smallest absolute Gasteiger partial charge is 0.226 e. The van der Waals surface area contributed by atoms with E-state index in [1.54, 1.807) is 13.3 Å². The molecule has 0 bridgehead atoms. The molecular formula is C18H19N5O3S. The van der Waals surface area contributed by atoms with Crippen molar-refractivity contribution >= 4 is 44.9 Å². The van der Waals surface area contributed by atoms with Crippen LogP contribution in [0.15, 0.2) is 30.5 Å². The Kier molecular flexibility index (Phi) is 5.92. The van der Waals surface area contributed by atoms with Crippen molar-refractivity contribution in [3.05, 3.63) is 35.5 Å². The number of benzene rings is 1. The van der Waals surface area contributed by atoms with Crippen molar-refractivity contribution in [2.75, 3.05) is 17.7 Å². The van der Waals surface area contributed by atoms with Crippen LogP contribution < -0.4 is 15.4 Å². The van der Waals surface area contributed by atoms with Gasteiger partial charge >= 0.3 is 0 Å². The van der Waals surface area contributed by atoms with E-state index in [4.69, 9.17) is 4.74 Å². The minimum absolute atomic E-state index is 0.0606. The van der Waals surface area contributed by atoms with Crippen LogP contribution in [0.3, 0.4) is 0 Å². The summed E-state index contributed by atoms with van der Waals surface area (Å²) >= 11 is 1.33. The van der Waals surface area contributed by atoms with Crippen molar-refractivity contribution in [2.45, 2.75) is 26.2 Å². The van der Waals surface area contributed by atoms with E-state index in [-0.39, 0.29) is 24.7 Å². The highest BCUT2D eigenvalue weighted by Crippen LogP contribution is 2.21. The van der Waals surface area contributed by atoms with Gasteiger partial charge in [-0.05, 0) is 24.6 Å². The van der Waals surface area contributed by atoms with E-state index in [0.717, 1.165) is 28.1 Å². The lowest BCUT2D eigenvalue weighted by Gasteiger charge is -2.07. The van der Waals surface area contributed by atoms with Crippen molar-refractivity contribution in [1.82, 2.24) is 15.2 Å². The fourth-order valence-corrected chi connectivity index (χ4v) is 3.07. The summed E-state index contributed by atoms with van der Waals surface area (Å²) in [5.74, 6) is 0.193. The van der Waals surface area contributed by atoms with Gasteiger partial charge in [0.15, 0.2) is 0 Å². The Bertz CT molecular complexity index is 973. The molecule has 8 nitrogen and oxygen atoms in total. The molecule has 0 radical (unpaired) electrons. The van der Waals surface area contributed by atoms with Crippen molar-refractivity contribution in [3.63, 3.8) is 0 Å².